The first-order valence-electron chi connectivity index (χ1n) is 11.6. The SMILES string of the molecule is CCc1cc(CN2CC3(CCS(=O)(=O)CC3)C2)ccc1-c1ccc2c(c1)C(F)(F)C2(O)C(F)(F)F. The molecule has 0 saturated carbocycles. The van der Waals surface area contributed by atoms with E-state index in [1.165, 1.54) is 6.07 Å². The first kappa shape index (κ1) is 24.6. The molecule has 1 aliphatic carbocycles. The fourth-order valence-electron chi connectivity index (χ4n) is 5.80. The average Bonchev–Trinajstić information content (AvgIpc) is 2.77. The molecule has 3 aliphatic rings. The van der Waals surface area contributed by atoms with Crippen molar-refractivity contribution in [3.63, 3.8) is 0 Å². The molecule has 2 heterocycles. The molecule has 0 aromatic heterocycles. The maximum absolute atomic E-state index is 14.4. The van der Waals surface area contributed by atoms with Crippen molar-refractivity contribution in [2.75, 3.05) is 24.6 Å². The molecule has 10 heteroatoms. The van der Waals surface area contributed by atoms with E-state index in [4.69, 9.17) is 0 Å². The molecule has 0 radical (unpaired) electrons. The number of sulfone groups is 1. The average molecular weight is 516 g/mol. The Morgan fingerprint density at radius 1 is 1.00 bits per heavy atom. The van der Waals surface area contributed by atoms with Gasteiger partial charge in [0.05, 0.1) is 11.5 Å². The van der Waals surface area contributed by atoms with E-state index >= 15 is 0 Å². The molecule has 1 spiro atoms. The fourth-order valence-corrected chi connectivity index (χ4v) is 7.49. The third-order valence-corrected chi connectivity index (χ3v) is 9.54. The van der Waals surface area contributed by atoms with E-state index in [-0.39, 0.29) is 16.9 Å². The number of fused-ring (bicyclic) bond motifs is 1. The van der Waals surface area contributed by atoms with Gasteiger partial charge in [-0.05, 0) is 53.0 Å². The van der Waals surface area contributed by atoms with Crippen LogP contribution >= 0.6 is 0 Å². The number of aliphatic hydroxyl groups is 1. The van der Waals surface area contributed by atoms with Crippen LogP contribution in [0.15, 0.2) is 36.4 Å². The zero-order valence-corrected chi connectivity index (χ0v) is 19.9. The molecule has 2 aliphatic heterocycles. The molecular formula is C25H26F5NO3S. The number of aryl methyl sites for hydroxylation is 1. The van der Waals surface area contributed by atoms with Crippen LogP contribution in [0.25, 0.3) is 11.1 Å². The molecule has 1 atom stereocenters. The van der Waals surface area contributed by atoms with Crippen LogP contribution in [0.5, 0.6) is 0 Å². The number of alkyl halides is 5. The summed E-state index contributed by atoms with van der Waals surface area (Å²) < 4.78 is 91.7. The van der Waals surface area contributed by atoms with E-state index in [1.54, 1.807) is 6.07 Å². The lowest BCUT2D eigenvalue weighted by Crippen LogP contribution is -2.62. The van der Waals surface area contributed by atoms with Crippen molar-refractivity contribution in [2.45, 2.75) is 50.4 Å². The number of hydrogen-bond donors (Lipinski definition) is 1. The Morgan fingerprint density at radius 2 is 1.66 bits per heavy atom. The summed E-state index contributed by atoms with van der Waals surface area (Å²) in [6.45, 7) is 4.28. The van der Waals surface area contributed by atoms with Gasteiger partial charge < -0.3 is 5.11 Å². The van der Waals surface area contributed by atoms with Crippen LogP contribution in [-0.4, -0.2) is 49.2 Å². The molecule has 190 valence electrons. The van der Waals surface area contributed by atoms with Crippen LogP contribution < -0.4 is 0 Å². The van der Waals surface area contributed by atoms with Crippen LogP contribution in [0.4, 0.5) is 22.0 Å². The van der Waals surface area contributed by atoms with Gasteiger partial charge in [-0.1, -0.05) is 37.3 Å². The van der Waals surface area contributed by atoms with E-state index in [1.807, 2.05) is 19.1 Å². The summed E-state index contributed by atoms with van der Waals surface area (Å²) in [5.41, 5.74) is -2.74. The maximum atomic E-state index is 14.4. The smallest absolute Gasteiger partial charge is 0.371 e. The summed E-state index contributed by atoms with van der Waals surface area (Å²) in [5, 5.41) is 9.75. The van der Waals surface area contributed by atoms with E-state index in [9.17, 15) is 35.5 Å². The van der Waals surface area contributed by atoms with Crippen LogP contribution in [-0.2, 0) is 34.3 Å². The molecule has 0 amide bonds. The van der Waals surface area contributed by atoms with Crippen LogP contribution in [0, 0.1) is 5.41 Å². The number of benzene rings is 2. The molecule has 2 fully saturated rings. The first-order chi connectivity index (χ1) is 16.2. The first-order valence-corrected chi connectivity index (χ1v) is 13.4. The summed E-state index contributed by atoms with van der Waals surface area (Å²) >= 11 is 0. The van der Waals surface area contributed by atoms with Crippen molar-refractivity contribution >= 4 is 9.84 Å². The lowest BCUT2D eigenvalue weighted by Gasteiger charge is -2.52. The number of hydrogen-bond acceptors (Lipinski definition) is 4. The predicted octanol–water partition coefficient (Wildman–Crippen LogP) is 4.78. The normalized spacial score (nSPS) is 26.6. The molecule has 2 aromatic carbocycles. The highest BCUT2D eigenvalue weighted by molar-refractivity contribution is 7.91. The fraction of sp³-hybridized carbons (Fsp3) is 0.520. The minimum absolute atomic E-state index is 0.0777. The number of rotatable bonds is 4. The number of likely N-dealkylation sites (tertiary alicyclic amines) is 1. The lowest BCUT2D eigenvalue weighted by molar-refractivity contribution is -0.364. The summed E-state index contributed by atoms with van der Waals surface area (Å²) in [5.74, 6) is -3.93. The van der Waals surface area contributed by atoms with Gasteiger partial charge in [-0.15, -0.1) is 0 Å². The zero-order chi connectivity index (χ0) is 25.4. The molecule has 1 N–H and O–H groups in total. The largest absolute Gasteiger partial charge is 0.427 e. The van der Waals surface area contributed by atoms with Gasteiger partial charge in [-0.25, -0.2) is 8.42 Å². The third kappa shape index (κ3) is 3.71. The standard InChI is InChI=1S/C25H26F5NO3S/c1-2-17-11-16(13-31-14-22(15-31)7-9-35(33,34)10-8-22)3-5-19(17)18-4-6-20-21(12-18)24(26,27)23(20,32)25(28,29)30/h3-6,11-12,32H,2,7-10,13-15H2,1H3. The highest BCUT2D eigenvalue weighted by Gasteiger charge is 2.78. The summed E-state index contributed by atoms with van der Waals surface area (Å²) in [7, 11) is -2.90. The number of nitrogens with zero attached hydrogens (tertiary/aromatic N) is 1. The third-order valence-electron chi connectivity index (χ3n) is 7.88. The molecule has 35 heavy (non-hydrogen) atoms. The Morgan fingerprint density at radius 3 is 2.26 bits per heavy atom. The Kier molecular flexibility index (Phi) is 5.44. The van der Waals surface area contributed by atoms with Crippen molar-refractivity contribution in [3.05, 3.63) is 58.7 Å². The highest BCUT2D eigenvalue weighted by Crippen LogP contribution is 2.63. The van der Waals surface area contributed by atoms with Gasteiger partial charge in [0, 0.05) is 30.8 Å². The second kappa shape index (κ2) is 7.73. The molecule has 2 aromatic rings. The summed E-state index contributed by atoms with van der Waals surface area (Å²) in [4.78, 5) is 2.26. The number of halogens is 5. The monoisotopic (exact) mass is 515 g/mol. The van der Waals surface area contributed by atoms with Crippen molar-refractivity contribution in [1.82, 2.24) is 4.90 Å². The lowest BCUT2D eigenvalue weighted by atomic mass is 9.68. The van der Waals surface area contributed by atoms with Crippen molar-refractivity contribution < 1.29 is 35.5 Å². The van der Waals surface area contributed by atoms with Crippen LogP contribution in [0.1, 0.15) is 42.0 Å². The minimum atomic E-state index is -5.48. The summed E-state index contributed by atoms with van der Waals surface area (Å²) in [6, 6.07) is 8.98. The predicted molar refractivity (Wildman–Crippen MR) is 121 cm³/mol. The molecule has 1 unspecified atom stereocenters. The Labute approximate surface area is 200 Å². The molecule has 0 bridgehead atoms. The van der Waals surface area contributed by atoms with Gasteiger partial charge in [0.25, 0.3) is 5.60 Å². The molecule has 4 nitrogen and oxygen atoms in total. The van der Waals surface area contributed by atoms with Gasteiger partial charge >= 0.3 is 12.1 Å². The molecule has 2 saturated heterocycles. The maximum Gasteiger partial charge on any atom is 0.427 e. The van der Waals surface area contributed by atoms with Crippen molar-refractivity contribution in [3.8, 4) is 11.1 Å². The van der Waals surface area contributed by atoms with Gasteiger partial charge in [0.15, 0.2) is 0 Å². The Balaban J connectivity index is 1.34. The van der Waals surface area contributed by atoms with Gasteiger partial charge in [-0.2, -0.15) is 22.0 Å². The van der Waals surface area contributed by atoms with Gasteiger partial charge in [-0.3, -0.25) is 4.90 Å². The van der Waals surface area contributed by atoms with E-state index in [0.717, 1.165) is 36.3 Å². The highest BCUT2D eigenvalue weighted by atomic mass is 32.2. The van der Waals surface area contributed by atoms with Crippen LogP contribution in [0.3, 0.4) is 0 Å². The molecule has 5 rings (SSSR count). The van der Waals surface area contributed by atoms with Crippen LogP contribution in [0.2, 0.25) is 0 Å². The second-order valence-corrected chi connectivity index (χ2v) is 12.5. The second-order valence-electron chi connectivity index (χ2n) is 10.2. The van der Waals surface area contributed by atoms with Crippen molar-refractivity contribution in [1.29, 1.82) is 0 Å². The van der Waals surface area contributed by atoms with Gasteiger partial charge in [0.1, 0.15) is 9.84 Å². The van der Waals surface area contributed by atoms with E-state index in [2.05, 4.69) is 4.90 Å². The topological polar surface area (TPSA) is 57.6 Å². The quantitative estimate of drug-likeness (QED) is 0.596. The minimum Gasteiger partial charge on any atom is -0.371 e. The molecular weight excluding hydrogens is 489 g/mol. The summed E-state index contributed by atoms with van der Waals surface area (Å²) in [6.07, 6.45) is -3.50. The Hall–Kier alpha value is -2.04. The van der Waals surface area contributed by atoms with E-state index in [0.29, 0.717) is 36.9 Å². The zero-order valence-electron chi connectivity index (χ0n) is 19.1. The Bertz CT molecular complexity index is 1270. The van der Waals surface area contributed by atoms with Crippen molar-refractivity contribution in [2.24, 2.45) is 5.41 Å². The van der Waals surface area contributed by atoms with E-state index < -0.39 is 38.7 Å². The van der Waals surface area contributed by atoms with Gasteiger partial charge in [0.2, 0.25) is 0 Å².